The number of amides is 2. The predicted octanol–water partition coefficient (Wildman–Crippen LogP) is -0.816. The van der Waals surface area contributed by atoms with Crippen molar-refractivity contribution in [2.75, 3.05) is 44.3 Å². The van der Waals surface area contributed by atoms with Crippen LogP contribution >= 0.6 is 35.2 Å². The van der Waals surface area contributed by atoms with Crippen LogP contribution < -0.4 is 22.1 Å². The number of carbonyl (C=O) groups excluding carboxylic acids is 3. The van der Waals surface area contributed by atoms with Gasteiger partial charge in [0, 0.05) is 37.1 Å². The largest absolute Gasteiger partial charge is 0.481 e. The summed E-state index contributed by atoms with van der Waals surface area (Å²) in [4.78, 5) is 87.4. The summed E-state index contributed by atoms with van der Waals surface area (Å²) in [5.74, 6) is -1.08. The van der Waals surface area contributed by atoms with Crippen molar-refractivity contribution < 1.29 is 80.5 Å². The summed E-state index contributed by atoms with van der Waals surface area (Å²) in [6.07, 6.45) is -4.04. The molecular weight excluding hydrogens is 833 g/mol. The summed E-state index contributed by atoms with van der Waals surface area (Å²) in [5, 5.41) is 26.4. The Labute approximate surface area is 324 Å². The summed E-state index contributed by atoms with van der Waals surface area (Å²) in [7, 11) is -16.4. The van der Waals surface area contributed by atoms with Gasteiger partial charge in [-0.1, -0.05) is 32.0 Å². The Morgan fingerprint density at radius 1 is 1.02 bits per heavy atom. The smallest absolute Gasteiger partial charge is 0.386 e. The van der Waals surface area contributed by atoms with E-state index in [1.54, 1.807) is 0 Å². The molecule has 25 nitrogen and oxygen atoms in total. The highest BCUT2D eigenvalue weighted by Crippen LogP contribution is 2.61. The van der Waals surface area contributed by atoms with E-state index in [1.165, 1.54) is 13.8 Å². The molecule has 7 unspecified atom stereocenters. The quantitative estimate of drug-likeness (QED) is 0.0455. The molecule has 1 aliphatic rings. The van der Waals surface area contributed by atoms with Crippen LogP contribution in [0.5, 0.6) is 0 Å². The number of phosphoric ester groups is 3. The van der Waals surface area contributed by atoms with Crippen molar-refractivity contribution in [1.82, 2.24) is 30.2 Å². The van der Waals surface area contributed by atoms with Crippen LogP contribution in [0.25, 0.3) is 11.2 Å². The maximum absolute atomic E-state index is 12.7. The van der Waals surface area contributed by atoms with Gasteiger partial charge in [0.15, 0.2) is 22.8 Å². The highest BCUT2D eigenvalue weighted by molar-refractivity contribution is 8.13. The highest BCUT2D eigenvalue weighted by atomic mass is 32.2. The number of fused-ring (bicyclic) bond motifs is 1. The molecule has 3 rings (SSSR count). The first-order chi connectivity index (χ1) is 26.1. The average molecular weight is 881 g/mol. The number of nitrogens with one attached hydrogen (secondary N) is 2. The van der Waals surface area contributed by atoms with Crippen LogP contribution in [0.4, 0.5) is 5.82 Å². The molecule has 0 saturated carbocycles. The van der Waals surface area contributed by atoms with Crippen LogP contribution in [0.1, 0.15) is 52.2 Å². The van der Waals surface area contributed by atoms with Gasteiger partial charge in [-0.25, -0.2) is 28.6 Å². The molecule has 29 heteroatoms. The van der Waals surface area contributed by atoms with Gasteiger partial charge in [-0.15, -0.1) is 0 Å². The molecular formula is C27H47N8O17P3S. The van der Waals surface area contributed by atoms with Gasteiger partial charge in [0.25, 0.3) is 0 Å². The molecule has 0 aliphatic carbocycles. The van der Waals surface area contributed by atoms with Crippen molar-refractivity contribution >= 4 is 69.1 Å². The topological polar surface area (TPSA) is 390 Å². The number of carbonyl (C=O) groups is 3. The highest BCUT2D eigenvalue weighted by Gasteiger charge is 2.50. The number of phosphoric acid groups is 3. The van der Waals surface area contributed by atoms with Crippen molar-refractivity contribution in [3.05, 3.63) is 12.7 Å². The lowest BCUT2D eigenvalue weighted by molar-refractivity contribution is -0.137. The number of aromatic nitrogens is 4. The summed E-state index contributed by atoms with van der Waals surface area (Å²) >= 11 is 1.10. The van der Waals surface area contributed by atoms with Gasteiger partial charge in [-0.2, -0.15) is 4.31 Å². The molecule has 7 atom stereocenters. The fourth-order valence-corrected chi connectivity index (χ4v) is 8.51. The fourth-order valence-electron chi connectivity index (χ4n) is 4.96. The van der Waals surface area contributed by atoms with Crippen molar-refractivity contribution in [3.8, 4) is 0 Å². The van der Waals surface area contributed by atoms with E-state index in [0.717, 1.165) is 48.2 Å². The lowest BCUT2D eigenvalue weighted by Gasteiger charge is -2.30. The molecule has 0 aromatic carbocycles. The zero-order valence-electron chi connectivity index (χ0n) is 30.2. The van der Waals surface area contributed by atoms with Crippen LogP contribution in [-0.4, -0.2) is 129 Å². The number of nitrogens with zero attached hydrogens (tertiary/aromatic N) is 4. The van der Waals surface area contributed by atoms with Gasteiger partial charge in [0.2, 0.25) is 11.8 Å². The number of ether oxygens (including phenoxy) is 1. The van der Waals surface area contributed by atoms with E-state index in [1.807, 2.05) is 0 Å². The van der Waals surface area contributed by atoms with Crippen LogP contribution in [-0.2, 0) is 50.7 Å². The van der Waals surface area contributed by atoms with Crippen molar-refractivity contribution in [2.45, 2.75) is 76.6 Å². The lowest BCUT2D eigenvalue weighted by atomic mass is 9.87. The van der Waals surface area contributed by atoms with Crippen LogP contribution in [0.3, 0.4) is 0 Å². The van der Waals surface area contributed by atoms with E-state index in [0.29, 0.717) is 18.7 Å². The molecule has 2 aromatic heterocycles. The molecule has 2 amide bonds. The maximum Gasteiger partial charge on any atom is 0.481 e. The Kier molecular flexibility index (Phi) is 17.9. The zero-order valence-corrected chi connectivity index (χ0v) is 33.7. The number of aliphatic hydroxyl groups excluding tert-OH is 2. The molecule has 1 aliphatic heterocycles. The molecule has 0 bridgehead atoms. The van der Waals surface area contributed by atoms with Crippen LogP contribution in [0, 0.1) is 5.41 Å². The predicted molar refractivity (Wildman–Crippen MR) is 195 cm³/mol. The number of anilines is 1. The van der Waals surface area contributed by atoms with E-state index in [4.69, 9.17) is 25.3 Å². The van der Waals surface area contributed by atoms with Gasteiger partial charge in [0.05, 0.1) is 19.5 Å². The number of aliphatic hydroxyl groups is 2. The molecule has 12 N–H and O–H groups in total. The minimum Gasteiger partial charge on any atom is -0.386 e. The van der Waals surface area contributed by atoms with Crippen LogP contribution in [0.2, 0.25) is 0 Å². The van der Waals surface area contributed by atoms with E-state index in [2.05, 4.69) is 34.4 Å². The number of nitrogen functional groups attached to an aromatic ring is 1. The standard InChI is InChI=1S/C27H47N8O17P3S/c1-27(2,22(39)25(40)31-9-7-17(36)30-10-11-56-18(37)6-4-3-5-8-28)13-49-55(46,47)52-54(44,45)48-12-16-21(51-53(41,42)43)20(38)26(50-16)35-15-34-19-23(29)32-14-33-24(19)35/h14-16,20-22,26,38-39H,3-13,28H2,1-2H3,(H,30,36)(H,31,40)(H,44,45)(H,46,47)(H2,29,32,33)(H2,41,42,43). The Bertz CT molecular complexity index is 1800. The SMILES string of the molecule is CC(C)(COP(=O)(O)OP(=O)(O)OCC1OC(n2cnc3c(N)ncnc32)C(O)C1OP(=O)(O)O)C(O)C(=O)NCCC(=O)NCCSC(=O)CCCCCN. The number of thioether (sulfide) groups is 1. The average Bonchev–Trinajstić information content (AvgIpc) is 3.66. The monoisotopic (exact) mass is 880 g/mol. The first-order valence-corrected chi connectivity index (χ1v) is 22.3. The van der Waals surface area contributed by atoms with E-state index >= 15 is 0 Å². The Hall–Kier alpha value is -2.48. The third-order valence-electron chi connectivity index (χ3n) is 7.85. The van der Waals surface area contributed by atoms with Gasteiger partial charge in [-0.05, 0) is 19.4 Å². The van der Waals surface area contributed by atoms with Gasteiger partial charge in [-0.3, -0.25) is 32.5 Å². The number of hydrogen-bond donors (Lipinski definition) is 10. The second-order valence-corrected chi connectivity index (χ2v) is 18.3. The summed E-state index contributed by atoms with van der Waals surface area (Å²) < 4.78 is 62.1. The molecule has 1 fully saturated rings. The normalized spacial score (nSPS) is 21.7. The van der Waals surface area contributed by atoms with E-state index in [9.17, 15) is 57.9 Å². The number of hydrogen-bond acceptors (Lipinski definition) is 19. The van der Waals surface area contributed by atoms with E-state index in [-0.39, 0.29) is 41.6 Å². The Morgan fingerprint density at radius 3 is 2.39 bits per heavy atom. The number of rotatable bonds is 24. The third kappa shape index (κ3) is 15.0. The lowest BCUT2D eigenvalue weighted by Crippen LogP contribution is -2.46. The fraction of sp³-hybridized carbons (Fsp3) is 0.704. The molecule has 318 valence electrons. The zero-order chi connectivity index (χ0) is 41.9. The minimum absolute atomic E-state index is 0.00759. The van der Waals surface area contributed by atoms with Crippen molar-refractivity contribution in [2.24, 2.45) is 11.1 Å². The number of nitrogens with two attached hydrogens (primary N) is 2. The second-order valence-electron chi connectivity index (χ2n) is 12.9. The number of imidazole rings is 1. The summed E-state index contributed by atoms with van der Waals surface area (Å²) in [6.45, 7) is 1.08. The first-order valence-electron chi connectivity index (χ1n) is 16.8. The van der Waals surface area contributed by atoms with Crippen molar-refractivity contribution in [3.63, 3.8) is 0 Å². The van der Waals surface area contributed by atoms with Crippen molar-refractivity contribution in [1.29, 1.82) is 0 Å². The molecule has 0 radical (unpaired) electrons. The Morgan fingerprint density at radius 2 is 1.71 bits per heavy atom. The molecule has 1 saturated heterocycles. The third-order valence-corrected chi connectivity index (χ3v) is 11.9. The van der Waals surface area contributed by atoms with Crippen LogP contribution in [0.15, 0.2) is 12.7 Å². The van der Waals surface area contributed by atoms with Gasteiger partial charge >= 0.3 is 23.5 Å². The Balaban J connectivity index is 1.47. The van der Waals surface area contributed by atoms with Gasteiger partial charge in [0.1, 0.15) is 36.3 Å². The molecule has 3 heterocycles. The summed E-state index contributed by atoms with van der Waals surface area (Å²) in [6, 6.07) is 0. The second kappa shape index (κ2) is 21.0. The summed E-state index contributed by atoms with van der Waals surface area (Å²) in [5.41, 5.74) is 9.68. The molecule has 2 aromatic rings. The van der Waals surface area contributed by atoms with Gasteiger partial charge < -0.3 is 56.6 Å². The number of unbranched alkanes of at least 4 members (excludes halogenated alkanes) is 2. The first kappa shape index (κ1) is 47.9. The maximum atomic E-state index is 12.7. The molecule has 56 heavy (non-hydrogen) atoms. The van der Waals surface area contributed by atoms with E-state index < -0.39 is 84.6 Å². The molecule has 0 spiro atoms. The minimum atomic E-state index is -5.57.